The molecule has 2 fully saturated rings. The first-order valence-electron chi connectivity index (χ1n) is 3.89. The van der Waals surface area contributed by atoms with E-state index in [0.717, 1.165) is 32.7 Å². The smallest absolute Gasteiger partial charge is 0.0661 e. The molecule has 0 bridgehead atoms. The minimum Gasteiger partial charge on any atom is -0.379 e. The average molecular weight is 142 g/mol. The molecule has 0 amide bonds. The summed E-state index contributed by atoms with van der Waals surface area (Å²) in [6, 6.07) is 0. The largest absolute Gasteiger partial charge is 0.379 e. The van der Waals surface area contributed by atoms with Gasteiger partial charge in [0.05, 0.1) is 12.1 Å². The van der Waals surface area contributed by atoms with Crippen LogP contribution in [0.5, 0.6) is 0 Å². The zero-order chi connectivity index (χ0) is 7.03. The Bertz CT molecular complexity index is 140. The van der Waals surface area contributed by atoms with Crippen LogP contribution in [0.2, 0.25) is 0 Å². The quantitative estimate of drug-likeness (QED) is 0.471. The van der Waals surface area contributed by atoms with Gasteiger partial charge in [-0.25, -0.2) is 0 Å². The van der Waals surface area contributed by atoms with Crippen LogP contribution in [0.15, 0.2) is 0 Å². The Morgan fingerprint density at radius 2 is 2.50 bits per heavy atom. The molecule has 0 saturated carbocycles. The second-order valence-corrected chi connectivity index (χ2v) is 3.40. The van der Waals surface area contributed by atoms with Gasteiger partial charge in [-0.15, -0.1) is 0 Å². The van der Waals surface area contributed by atoms with E-state index in [9.17, 15) is 0 Å². The molecule has 2 atom stereocenters. The van der Waals surface area contributed by atoms with Crippen LogP contribution in [0.3, 0.4) is 0 Å². The highest BCUT2D eigenvalue weighted by Crippen LogP contribution is 2.26. The second kappa shape index (κ2) is 2.19. The zero-order valence-electron chi connectivity index (χ0n) is 6.10. The van der Waals surface area contributed by atoms with E-state index in [2.05, 4.69) is 5.32 Å². The fourth-order valence-corrected chi connectivity index (χ4v) is 1.87. The first-order valence-corrected chi connectivity index (χ1v) is 3.89. The number of hydrogen-bond donors (Lipinski definition) is 2. The molecule has 2 saturated heterocycles. The zero-order valence-corrected chi connectivity index (χ0v) is 6.10. The molecule has 2 aliphatic heterocycles. The van der Waals surface area contributed by atoms with E-state index in [4.69, 9.17) is 10.5 Å². The van der Waals surface area contributed by atoms with Crippen molar-refractivity contribution in [2.45, 2.75) is 12.0 Å². The molecule has 3 nitrogen and oxygen atoms in total. The Morgan fingerprint density at radius 1 is 1.60 bits per heavy atom. The van der Waals surface area contributed by atoms with Crippen LogP contribution in [0.25, 0.3) is 0 Å². The van der Waals surface area contributed by atoms with Gasteiger partial charge in [-0.05, 0) is 12.3 Å². The lowest BCUT2D eigenvalue weighted by Gasteiger charge is -2.34. The fourth-order valence-electron chi connectivity index (χ4n) is 1.87. The normalized spacial score (nSPS) is 47.1. The van der Waals surface area contributed by atoms with E-state index in [-0.39, 0.29) is 5.54 Å². The Kier molecular flexibility index (Phi) is 1.44. The van der Waals surface area contributed by atoms with Gasteiger partial charge < -0.3 is 15.8 Å². The lowest BCUT2D eigenvalue weighted by Crippen LogP contribution is -2.54. The molecular weight excluding hydrogens is 128 g/mol. The molecule has 58 valence electrons. The van der Waals surface area contributed by atoms with Gasteiger partial charge in [0.15, 0.2) is 0 Å². The summed E-state index contributed by atoms with van der Waals surface area (Å²) < 4.78 is 5.32. The van der Waals surface area contributed by atoms with Crippen LogP contribution >= 0.6 is 0 Å². The molecule has 2 aliphatic rings. The van der Waals surface area contributed by atoms with E-state index in [0.29, 0.717) is 5.92 Å². The third-order valence-corrected chi connectivity index (χ3v) is 2.64. The minimum atomic E-state index is -0.0434. The van der Waals surface area contributed by atoms with Gasteiger partial charge in [0.2, 0.25) is 0 Å². The summed E-state index contributed by atoms with van der Waals surface area (Å²) in [6.45, 7) is 3.65. The predicted octanol–water partition coefficient (Wildman–Crippen LogP) is -0.676. The molecule has 2 rings (SSSR count). The monoisotopic (exact) mass is 142 g/mol. The molecule has 0 aliphatic carbocycles. The third kappa shape index (κ3) is 0.856. The SMILES string of the molecule is N[C@]12CNC[C@H]1CCOC2. The molecule has 0 aromatic heterocycles. The summed E-state index contributed by atoms with van der Waals surface area (Å²) in [7, 11) is 0. The molecule has 0 radical (unpaired) electrons. The van der Waals surface area contributed by atoms with E-state index < -0.39 is 0 Å². The van der Waals surface area contributed by atoms with Gasteiger partial charge in [0.25, 0.3) is 0 Å². The molecule has 0 aromatic carbocycles. The molecule has 2 heterocycles. The van der Waals surface area contributed by atoms with Crippen molar-refractivity contribution in [1.82, 2.24) is 5.32 Å². The molecule has 3 N–H and O–H groups in total. The molecule has 3 heteroatoms. The van der Waals surface area contributed by atoms with Crippen molar-refractivity contribution in [1.29, 1.82) is 0 Å². The van der Waals surface area contributed by atoms with Crippen molar-refractivity contribution >= 4 is 0 Å². The van der Waals surface area contributed by atoms with Crippen molar-refractivity contribution in [2.75, 3.05) is 26.3 Å². The number of nitrogens with two attached hydrogens (primary N) is 1. The highest BCUT2D eigenvalue weighted by Gasteiger charge is 2.41. The Labute approximate surface area is 60.9 Å². The molecule has 0 aromatic rings. The van der Waals surface area contributed by atoms with Crippen molar-refractivity contribution in [3.05, 3.63) is 0 Å². The molecule has 0 spiro atoms. The van der Waals surface area contributed by atoms with E-state index in [1.165, 1.54) is 0 Å². The first kappa shape index (κ1) is 6.58. The van der Waals surface area contributed by atoms with E-state index >= 15 is 0 Å². The maximum absolute atomic E-state index is 6.08. The fraction of sp³-hybridized carbons (Fsp3) is 1.00. The highest BCUT2D eigenvalue weighted by atomic mass is 16.5. The predicted molar refractivity (Wildman–Crippen MR) is 38.7 cm³/mol. The van der Waals surface area contributed by atoms with Gasteiger partial charge >= 0.3 is 0 Å². The molecule has 10 heavy (non-hydrogen) atoms. The number of fused-ring (bicyclic) bond motifs is 1. The standard InChI is InChI=1S/C7H14N2O/c8-7-4-9-3-6(7)1-2-10-5-7/h6,9H,1-5,8H2/t6-,7+/m1/s1. The number of rotatable bonds is 0. The number of ether oxygens (including phenoxy) is 1. The van der Waals surface area contributed by atoms with Crippen LogP contribution in [0, 0.1) is 5.92 Å². The minimum absolute atomic E-state index is 0.0434. The summed E-state index contributed by atoms with van der Waals surface area (Å²) in [5, 5.41) is 3.30. The Hall–Kier alpha value is -0.120. The third-order valence-electron chi connectivity index (χ3n) is 2.64. The van der Waals surface area contributed by atoms with Crippen LogP contribution in [0.4, 0.5) is 0 Å². The summed E-state index contributed by atoms with van der Waals surface area (Å²) in [5.74, 6) is 0.654. The van der Waals surface area contributed by atoms with Crippen LogP contribution in [-0.4, -0.2) is 31.8 Å². The summed E-state index contributed by atoms with van der Waals surface area (Å²) in [6.07, 6.45) is 1.13. The lowest BCUT2D eigenvalue weighted by molar-refractivity contribution is 0.0203. The summed E-state index contributed by atoms with van der Waals surface area (Å²) >= 11 is 0. The average Bonchev–Trinajstić information content (AvgIpc) is 2.29. The topological polar surface area (TPSA) is 47.3 Å². The maximum atomic E-state index is 6.08. The lowest BCUT2D eigenvalue weighted by atomic mass is 9.85. The second-order valence-electron chi connectivity index (χ2n) is 3.40. The van der Waals surface area contributed by atoms with Gasteiger partial charge in [-0.3, -0.25) is 0 Å². The van der Waals surface area contributed by atoms with Gasteiger partial charge in [0, 0.05) is 19.7 Å². The number of nitrogens with one attached hydrogen (secondary N) is 1. The summed E-state index contributed by atoms with van der Waals surface area (Å²) in [5.41, 5.74) is 6.03. The highest BCUT2D eigenvalue weighted by molar-refractivity contribution is 5.01. The van der Waals surface area contributed by atoms with Crippen molar-refractivity contribution < 1.29 is 4.74 Å². The van der Waals surface area contributed by atoms with Gasteiger partial charge in [-0.2, -0.15) is 0 Å². The van der Waals surface area contributed by atoms with Crippen LogP contribution < -0.4 is 11.1 Å². The first-order chi connectivity index (χ1) is 4.81. The van der Waals surface area contributed by atoms with Crippen molar-refractivity contribution in [3.63, 3.8) is 0 Å². The molecule has 0 unspecified atom stereocenters. The van der Waals surface area contributed by atoms with Crippen molar-refractivity contribution in [3.8, 4) is 0 Å². The van der Waals surface area contributed by atoms with Crippen molar-refractivity contribution in [2.24, 2.45) is 11.7 Å². The number of hydrogen-bond acceptors (Lipinski definition) is 3. The van der Waals surface area contributed by atoms with E-state index in [1.54, 1.807) is 0 Å². The molecular formula is C7H14N2O. The maximum Gasteiger partial charge on any atom is 0.0661 e. The van der Waals surface area contributed by atoms with Gasteiger partial charge in [-0.1, -0.05) is 0 Å². The van der Waals surface area contributed by atoms with Crippen LogP contribution in [0.1, 0.15) is 6.42 Å². The van der Waals surface area contributed by atoms with Crippen LogP contribution in [-0.2, 0) is 4.74 Å². The van der Waals surface area contributed by atoms with E-state index in [1.807, 2.05) is 0 Å². The Morgan fingerprint density at radius 3 is 3.30 bits per heavy atom. The van der Waals surface area contributed by atoms with Gasteiger partial charge in [0.1, 0.15) is 0 Å². The Balaban J connectivity index is 2.10. The summed E-state index contributed by atoms with van der Waals surface area (Å²) in [4.78, 5) is 0.